The van der Waals surface area contributed by atoms with E-state index in [-0.39, 0.29) is 22.6 Å². The number of nitrogens with zero attached hydrogens (tertiary/aromatic N) is 5. The van der Waals surface area contributed by atoms with Crippen LogP contribution >= 0.6 is 23.2 Å². The number of hydrogen-bond acceptors (Lipinski definition) is 10. The molecule has 2 bridgehead atoms. The van der Waals surface area contributed by atoms with Crippen molar-refractivity contribution in [2.45, 2.75) is 74.9 Å². The number of carboxylic acids is 1. The van der Waals surface area contributed by atoms with Gasteiger partial charge in [0.05, 0.1) is 34.8 Å². The summed E-state index contributed by atoms with van der Waals surface area (Å²) in [5.74, 6) is 1.07. The van der Waals surface area contributed by atoms with Gasteiger partial charge in [0.25, 0.3) is 0 Å². The predicted octanol–water partition coefficient (Wildman–Crippen LogP) is 6.63. The summed E-state index contributed by atoms with van der Waals surface area (Å²) in [7, 11) is 1.43. The third-order valence-electron chi connectivity index (χ3n) is 8.93. The Morgan fingerprint density at radius 1 is 1.02 bits per heavy atom. The number of carboxylic acid groups (broad SMARTS) is 1. The SMILES string of the molecule is COc1cc(-c2noc(C34CCC(OCc5c(-c6c(Cl)cncc6Cl)noc5C5CC5)(CC3)CC4)n2)cc(C(=O)O)n1. The summed E-state index contributed by atoms with van der Waals surface area (Å²) in [6.45, 7) is 0.354. The highest BCUT2D eigenvalue weighted by molar-refractivity contribution is 6.38. The Kier molecular flexibility index (Phi) is 6.71. The van der Waals surface area contributed by atoms with Crippen molar-refractivity contribution < 1.29 is 28.4 Å². The first-order chi connectivity index (χ1) is 20.3. The molecule has 4 fully saturated rings. The zero-order valence-corrected chi connectivity index (χ0v) is 24.2. The molecule has 4 heterocycles. The number of aromatic nitrogens is 5. The number of hydrogen-bond donors (Lipinski definition) is 1. The predicted molar refractivity (Wildman–Crippen MR) is 150 cm³/mol. The molecule has 11 nitrogen and oxygen atoms in total. The van der Waals surface area contributed by atoms with Crippen LogP contribution in [0.2, 0.25) is 10.0 Å². The zero-order chi connectivity index (χ0) is 29.1. The molecule has 0 spiro atoms. The number of aromatic carboxylic acids is 1. The van der Waals surface area contributed by atoms with Crippen molar-refractivity contribution >= 4 is 29.2 Å². The van der Waals surface area contributed by atoms with Crippen LogP contribution in [0.25, 0.3) is 22.6 Å². The average molecular weight is 612 g/mol. The number of pyridine rings is 2. The molecule has 1 N–H and O–H groups in total. The van der Waals surface area contributed by atoms with Crippen LogP contribution in [0.4, 0.5) is 0 Å². The Labute approximate surface area is 250 Å². The maximum Gasteiger partial charge on any atom is 0.354 e. The number of halogens is 2. The molecule has 0 saturated heterocycles. The molecule has 4 aliphatic carbocycles. The van der Waals surface area contributed by atoms with E-state index in [9.17, 15) is 9.90 Å². The molecule has 4 saturated carbocycles. The molecule has 0 unspecified atom stereocenters. The van der Waals surface area contributed by atoms with Gasteiger partial charge >= 0.3 is 5.97 Å². The Morgan fingerprint density at radius 3 is 2.38 bits per heavy atom. The Morgan fingerprint density at radius 2 is 1.74 bits per heavy atom. The van der Waals surface area contributed by atoms with Gasteiger partial charge in [-0.25, -0.2) is 9.78 Å². The van der Waals surface area contributed by atoms with Crippen molar-refractivity contribution in [3.63, 3.8) is 0 Å². The van der Waals surface area contributed by atoms with Gasteiger partial charge in [-0.1, -0.05) is 33.5 Å². The Hall–Kier alpha value is -3.54. The zero-order valence-electron chi connectivity index (χ0n) is 22.7. The van der Waals surface area contributed by atoms with E-state index >= 15 is 0 Å². The molecular formula is C29H27Cl2N5O6. The number of methoxy groups -OCH3 is 1. The Bertz CT molecular complexity index is 1640. The van der Waals surface area contributed by atoms with E-state index in [1.54, 1.807) is 18.5 Å². The maximum atomic E-state index is 11.5. The van der Waals surface area contributed by atoms with E-state index in [2.05, 4.69) is 20.3 Å². The lowest BCUT2D eigenvalue weighted by atomic mass is 9.58. The fourth-order valence-corrected chi connectivity index (χ4v) is 6.82. The maximum absolute atomic E-state index is 11.5. The van der Waals surface area contributed by atoms with Crippen LogP contribution in [-0.4, -0.2) is 49.1 Å². The molecule has 13 heteroatoms. The highest BCUT2D eigenvalue weighted by Gasteiger charge is 2.53. The first-order valence-corrected chi connectivity index (χ1v) is 14.6. The van der Waals surface area contributed by atoms with Crippen LogP contribution in [0.1, 0.15) is 85.0 Å². The first kappa shape index (κ1) is 27.3. The fourth-order valence-electron chi connectivity index (χ4n) is 6.28. The van der Waals surface area contributed by atoms with Gasteiger partial charge in [0.1, 0.15) is 11.5 Å². The summed E-state index contributed by atoms with van der Waals surface area (Å²) in [6.07, 6.45) is 10.3. The van der Waals surface area contributed by atoms with E-state index in [1.165, 1.54) is 13.2 Å². The highest BCUT2D eigenvalue weighted by atomic mass is 35.5. The van der Waals surface area contributed by atoms with E-state index in [4.69, 9.17) is 46.7 Å². The molecule has 0 aromatic carbocycles. The second-order valence-electron chi connectivity index (χ2n) is 11.4. The standard InChI is InChI=1S/C29H27Cl2N5O6/c1-39-21-11-16(10-20(33-21)26(37)38)25-34-27(42-36-25)28-4-7-29(8-5-28,9-6-28)40-14-17-23(35-41-24(17)15-2-3-15)22-18(30)12-32-13-19(22)31/h10-13,15H,2-9,14H2,1H3,(H,37,38). The third kappa shape index (κ3) is 4.73. The minimum atomic E-state index is -1.16. The molecule has 42 heavy (non-hydrogen) atoms. The van der Waals surface area contributed by atoms with Crippen molar-refractivity contribution in [1.29, 1.82) is 0 Å². The molecule has 0 atom stereocenters. The van der Waals surface area contributed by atoms with Gasteiger partial charge in [-0.05, 0) is 57.4 Å². The molecule has 4 aromatic rings. The summed E-state index contributed by atoms with van der Waals surface area (Å²) in [6, 6.07) is 3.01. The molecule has 0 amide bonds. The van der Waals surface area contributed by atoms with E-state index in [1.807, 2.05) is 0 Å². The van der Waals surface area contributed by atoms with Crippen LogP contribution in [-0.2, 0) is 16.8 Å². The lowest BCUT2D eigenvalue weighted by Crippen LogP contribution is -2.49. The molecule has 0 aliphatic heterocycles. The lowest BCUT2D eigenvalue weighted by Gasteiger charge is -2.51. The normalized spacial score (nSPS) is 23.3. The quantitative estimate of drug-likeness (QED) is 0.217. The number of fused-ring (bicyclic) bond motifs is 3. The molecule has 4 aromatic heterocycles. The molecule has 4 aliphatic rings. The number of rotatable bonds is 9. The minimum absolute atomic E-state index is 0.152. The van der Waals surface area contributed by atoms with Crippen molar-refractivity contribution in [3.8, 4) is 28.5 Å². The van der Waals surface area contributed by atoms with E-state index < -0.39 is 5.97 Å². The van der Waals surface area contributed by atoms with E-state index in [0.717, 1.165) is 62.7 Å². The number of ether oxygens (including phenoxy) is 2. The average Bonchev–Trinajstić information content (AvgIpc) is 3.56. The van der Waals surface area contributed by atoms with Gasteiger partial charge in [-0.2, -0.15) is 4.98 Å². The monoisotopic (exact) mass is 611 g/mol. The minimum Gasteiger partial charge on any atom is -0.481 e. The third-order valence-corrected chi connectivity index (χ3v) is 9.50. The topological polar surface area (TPSA) is 146 Å². The van der Waals surface area contributed by atoms with Crippen molar-refractivity contribution in [3.05, 3.63) is 57.5 Å². The largest absolute Gasteiger partial charge is 0.481 e. The molecule has 0 radical (unpaired) electrons. The van der Waals surface area contributed by atoms with Gasteiger partial charge in [0, 0.05) is 41.1 Å². The van der Waals surface area contributed by atoms with Crippen molar-refractivity contribution in [1.82, 2.24) is 25.3 Å². The summed E-state index contributed by atoms with van der Waals surface area (Å²) in [4.78, 5) is 24.3. The molecular weight excluding hydrogens is 585 g/mol. The molecule has 8 rings (SSSR count). The van der Waals surface area contributed by atoms with Gasteiger partial charge < -0.3 is 23.6 Å². The van der Waals surface area contributed by atoms with Crippen LogP contribution in [0.5, 0.6) is 5.88 Å². The molecule has 218 valence electrons. The van der Waals surface area contributed by atoms with E-state index in [0.29, 0.717) is 51.1 Å². The van der Waals surface area contributed by atoms with Gasteiger partial charge in [-0.15, -0.1) is 0 Å². The van der Waals surface area contributed by atoms with Crippen molar-refractivity contribution in [2.75, 3.05) is 7.11 Å². The van der Waals surface area contributed by atoms with Gasteiger partial charge in [0.2, 0.25) is 17.6 Å². The summed E-state index contributed by atoms with van der Waals surface area (Å²) >= 11 is 13.0. The second-order valence-corrected chi connectivity index (χ2v) is 12.2. The van der Waals surface area contributed by atoms with Crippen LogP contribution in [0, 0.1) is 0 Å². The van der Waals surface area contributed by atoms with Gasteiger partial charge in [0.15, 0.2) is 5.69 Å². The highest BCUT2D eigenvalue weighted by Crippen LogP contribution is 2.55. The summed E-state index contributed by atoms with van der Waals surface area (Å²) in [5, 5.41) is 18.8. The second kappa shape index (κ2) is 10.3. The van der Waals surface area contributed by atoms with Gasteiger partial charge in [-0.3, -0.25) is 4.98 Å². The van der Waals surface area contributed by atoms with Crippen LogP contribution < -0.4 is 4.74 Å². The first-order valence-electron chi connectivity index (χ1n) is 13.9. The summed E-state index contributed by atoms with van der Waals surface area (Å²) < 4.78 is 23.5. The lowest BCUT2D eigenvalue weighted by molar-refractivity contribution is -0.130. The fraction of sp³-hybridized carbons (Fsp3) is 0.448. The van der Waals surface area contributed by atoms with Crippen molar-refractivity contribution in [2.24, 2.45) is 0 Å². The number of carbonyl (C=O) groups is 1. The Balaban J connectivity index is 1.09. The smallest absolute Gasteiger partial charge is 0.354 e. The van der Waals surface area contributed by atoms with Crippen LogP contribution in [0.15, 0.2) is 33.6 Å². The summed E-state index contributed by atoms with van der Waals surface area (Å²) in [5.41, 5.74) is 1.92. The van der Waals surface area contributed by atoms with Crippen LogP contribution in [0.3, 0.4) is 0 Å².